The second kappa shape index (κ2) is 10.1. The summed E-state index contributed by atoms with van der Waals surface area (Å²) in [5.41, 5.74) is 2.78. The third kappa shape index (κ3) is 5.38. The van der Waals surface area contributed by atoms with Gasteiger partial charge in [0.15, 0.2) is 11.5 Å². The van der Waals surface area contributed by atoms with Gasteiger partial charge in [0.1, 0.15) is 12.4 Å². The molecule has 10 nitrogen and oxygen atoms in total. The molecule has 0 saturated heterocycles. The number of nitro groups is 1. The molecule has 0 aliphatic carbocycles. The molecule has 1 heterocycles. The molecule has 0 radical (unpaired) electrons. The topological polar surface area (TPSA) is 129 Å². The second-order valence-corrected chi connectivity index (χ2v) is 7.89. The number of non-ortho nitro benzene ring substituents is 1. The number of hydrogen-bond donors (Lipinski definition) is 1. The molecule has 0 fully saturated rings. The SMILES string of the molecule is O=C(Oc1ccc(Br)cc1/C=N\NC(=O)[C@@H]1COc2ccccc2O1)c1ccc([N+](=O)[O-])cc1. The van der Waals surface area contributed by atoms with Crippen LogP contribution in [-0.4, -0.2) is 35.7 Å². The molecule has 0 aromatic heterocycles. The van der Waals surface area contributed by atoms with Crippen LogP contribution in [0, 0.1) is 10.1 Å². The number of carbonyl (C=O) groups is 2. The van der Waals surface area contributed by atoms with Crippen molar-refractivity contribution in [2.45, 2.75) is 6.10 Å². The average Bonchev–Trinajstić information content (AvgIpc) is 2.85. The van der Waals surface area contributed by atoms with E-state index in [0.717, 1.165) is 0 Å². The monoisotopic (exact) mass is 525 g/mol. The minimum atomic E-state index is -0.881. The Morgan fingerprint density at radius 1 is 1.12 bits per heavy atom. The van der Waals surface area contributed by atoms with Crippen LogP contribution in [0.4, 0.5) is 5.69 Å². The Kier molecular flexibility index (Phi) is 6.83. The first-order valence-electron chi connectivity index (χ1n) is 9.88. The number of para-hydroxylation sites is 2. The zero-order valence-corrected chi connectivity index (χ0v) is 18.9. The Morgan fingerprint density at radius 2 is 1.85 bits per heavy atom. The summed E-state index contributed by atoms with van der Waals surface area (Å²) in [5.74, 6) is -0.0165. The Labute approximate surface area is 201 Å². The average molecular weight is 526 g/mol. The van der Waals surface area contributed by atoms with Crippen LogP contribution in [-0.2, 0) is 4.79 Å². The smallest absolute Gasteiger partial charge is 0.343 e. The zero-order valence-electron chi connectivity index (χ0n) is 17.3. The minimum Gasteiger partial charge on any atom is -0.485 e. The second-order valence-electron chi connectivity index (χ2n) is 6.97. The van der Waals surface area contributed by atoms with Gasteiger partial charge in [-0.2, -0.15) is 5.10 Å². The van der Waals surface area contributed by atoms with Crippen LogP contribution in [0.25, 0.3) is 0 Å². The lowest BCUT2D eigenvalue weighted by Gasteiger charge is -2.24. The highest BCUT2D eigenvalue weighted by molar-refractivity contribution is 9.10. The molecule has 0 saturated carbocycles. The lowest BCUT2D eigenvalue weighted by Crippen LogP contribution is -2.42. The van der Waals surface area contributed by atoms with E-state index in [1.54, 1.807) is 42.5 Å². The maximum atomic E-state index is 12.5. The number of ether oxygens (including phenoxy) is 3. The number of rotatable bonds is 6. The fourth-order valence-corrected chi connectivity index (χ4v) is 3.36. The van der Waals surface area contributed by atoms with Gasteiger partial charge in [0, 0.05) is 22.2 Å². The van der Waals surface area contributed by atoms with Crippen LogP contribution in [0.5, 0.6) is 17.2 Å². The molecule has 3 aromatic carbocycles. The molecule has 0 spiro atoms. The number of hydrazone groups is 1. The predicted octanol–water partition coefficient (Wildman–Crippen LogP) is 3.87. The number of benzene rings is 3. The first-order chi connectivity index (χ1) is 16.4. The Morgan fingerprint density at radius 3 is 2.59 bits per heavy atom. The number of hydrogen-bond acceptors (Lipinski definition) is 8. The zero-order chi connectivity index (χ0) is 24.1. The molecular weight excluding hydrogens is 510 g/mol. The molecule has 0 unspecified atom stereocenters. The lowest BCUT2D eigenvalue weighted by molar-refractivity contribution is -0.384. The van der Waals surface area contributed by atoms with Crippen molar-refractivity contribution in [2.24, 2.45) is 5.10 Å². The van der Waals surface area contributed by atoms with Gasteiger partial charge in [0.2, 0.25) is 6.10 Å². The summed E-state index contributed by atoms with van der Waals surface area (Å²) in [6, 6.07) is 16.9. The summed E-state index contributed by atoms with van der Waals surface area (Å²) in [6.07, 6.45) is 0.438. The van der Waals surface area contributed by atoms with Crippen molar-refractivity contribution >= 4 is 39.7 Å². The molecule has 1 amide bonds. The molecule has 1 atom stereocenters. The number of nitrogens with zero attached hydrogens (tertiary/aromatic N) is 2. The molecule has 11 heteroatoms. The number of amides is 1. The maximum Gasteiger partial charge on any atom is 0.343 e. The molecular formula is C23H16BrN3O7. The standard InChI is InChI=1S/C23H16BrN3O7/c24-16-7-10-18(34-23(29)14-5-8-17(9-6-14)27(30)31)15(11-16)12-25-26-22(28)21-13-32-19-3-1-2-4-20(19)33-21/h1-12,21H,13H2,(H,26,28)/b25-12-/t21-/m0/s1. The van der Waals surface area contributed by atoms with E-state index in [9.17, 15) is 19.7 Å². The highest BCUT2D eigenvalue weighted by atomic mass is 79.9. The summed E-state index contributed by atoms with van der Waals surface area (Å²) in [4.78, 5) is 35.1. The fourth-order valence-electron chi connectivity index (χ4n) is 2.98. The van der Waals surface area contributed by atoms with Crippen molar-refractivity contribution in [2.75, 3.05) is 6.61 Å². The van der Waals surface area contributed by atoms with Crippen LogP contribution in [0.2, 0.25) is 0 Å². The normalized spacial score (nSPS) is 14.4. The lowest BCUT2D eigenvalue weighted by atomic mass is 10.2. The first-order valence-corrected chi connectivity index (χ1v) is 10.7. The Bertz CT molecular complexity index is 1280. The van der Waals surface area contributed by atoms with Crippen molar-refractivity contribution in [3.8, 4) is 17.2 Å². The first kappa shape index (κ1) is 22.9. The molecule has 0 bridgehead atoms. The van der Waals surface area contributed by atoms with Gasteiger partial charge >= 0.3 is 5.97 Å². The largest absolute Gasteiger partial charge is 0.485 e. The van der Waals surface area contributed by atoms with Crippen LogP contribution >= 0.6 is 15.9 Å². The quantitative estimate of drug-likeness (QED) is 0.170. The van der Waals surface area contributed by atoms with Gasteiger partial charge in [-0.05, 0) is 42.5 Å². The summed E-state index contributed by atoms with van der Waals surface area (Å²) >= 11 is 3.34. The van der Waals surface area contributed by atoms with Crippen molar-refractivity contribution in [3.63, 3.8) is 0 Å². The minimum absolute atomic E-state index is 0.0351. The molecule has 172 valence electrons. The van der Waals surface area contributed by atoms with E-state index in [-0.39, 0.29) is 23.6 Å². The summed E-state index contributed by atoms with van der Waals surface area (Å²) in [5, 5.41) is 14.7. The van der Waals surface area contributed by atoms with E-state index in [1.165, 1.54) is 30.5 Å². The van der Waals surface area contributed by atoms with Gasteiger partial charge in [-0.15, -0.1) is 0 Å². The fraction of sp³-hybridized carbons (Fsp3) is 0.0870. The third-order valence-electron chi connectivity index (χ3n) is 4.67. The van der Waals surface area contributed by atoms with E-state index in [0.29, 0.717) is 21.5 Å². The molecule has 1 aliphatic rings. The van der Waals surface area contributed by atoms with Gasteiger partial charge in [0.25, 0.3) is 11.6 Å². The van der Waals surface area contributed by atoms with Crippen LogP contribution in [0.3, 0.4) is 0 Å². The van der Waals surface area contributed by atoms with E-state index >= 15 is 0 Å². The third-order valence-corrected chi connectivity index (χ3v) is 5.16. The van der Waals surface area contributed by atoms with E-state index < -0.39 is 22.9 Å². The summed E-state index contributed by atoms with van der Waals surface area (Å²) in [6.45, 7) is 0.0351. The van der Waals surface area contributed by atoms with Crippen LogP contribution in [0.15, 0.2) is 76.3 Å². The van der Waals surface area contributed by atoms with Crippen molar-refractivity contribution in [1.82, 2.24) is 5.43 Å². The number of nitro benzene ring substituents is 1. The summed E-state index contributed by atoms with van der Waals surface area (Å²) in [7, 11) is 0. The Balaban J connectivity index is 1.42. The Hall–Kier alpha value is -4.25. The van der Waals surface area contributed by atoms with Gasteiger partial charge in [-0.3, -0.25) is 14.9 Å². The maximum absolute atomic E-state index is 12.5. The highest BCUT2D eigenvalue weighted by Gasteiger charge is 2.27. The van der Waals surface area contributed by atoms with Crippen molar-refractivity contribution in [3.05, 3.63) is 92.4 Å². The molecule has 34 heavy (non-hydrogen) atoms. The number of fused-ring (bicyclic) bond motifs is 1. The van der Waals surface area contributed by atoms with Crippen LogP contribution < -0.4 is 19.6 Å². The van der Waals surface area contributed by atoms with E-state index in [4.69, 9.17) is 14.2 Å². The molecule has 1 N–H and O–H groups in total. The molecule has 4 rings (SSSR count). The number of carbonyl (C=O) groups excluding carboxylic acids is 2. The van der Waals surface area contributed by atoms with Gasteiger partial charge in [-0.1, -0.05) is 28.1 Å². The number of halogens is 1. The summed E-state index contributed by atoms with van der Waals surface area (Å²) < 4.78 is 17.3. The molecule has 1 aliphatic heterocycles. The van der Waals surface area contributed by atoms with Crippen molar-refractivity contribution in [1.29, 1.82) is 0 Å². The van der Waals surface area contributed by atoms with E-state index in [1.807, 2.05) is 0 Å². The van der Waals surface area contributed by atoms with Crippen LogP contribution in [0.1, 0.15) is 15.9 Å². The number of nitrogens with one attached hydrogen (secondary N) is 1. The predicted molar refractivity (Wildman–Crippen MR) is 124 cm³/mol. The van der Waals surface area contributed by atoms with Gasteiger partial charge in [-0.25, -0.2) is 10.2 Å². The van der Waals surface area contributed by atoms with Crippen molar-refractivity contribution < 1.29 is 28.7 Å². The van der Waals surface area contributed by atoms with E-state index in [2.05, 4.69) is 26.5 Å². The van der Waals surface area contributed by atoms with Gasteiger partial charge < -0.3 is 14.2 Å². The number of esters is 1. The molecule has 3 aromatic rings. The van der Waals surface area contributed by atoms with Gasteiger partial charge in [0.05, 0.1) is 16.7 Å². The highest BCUT2D eigenvalue weighted by Crippen LogP contribution is 2.31.